The average molecular weight is 261 g/mol. The van der Waals surface area contributed by atoms with Crippen LogP contribution in [0.2, 0.25) is 0 Å². The summed E-state index contributed by atoms with van der Waals surface area (Å²) in [5.74, 6) is -0.257. The number of rotatable bonds is 3. The summed E-state index contributed by atoms with van der Waals surface area (Å²) in [4.78, 5) is 16.6. The quantitative estimate of drug-likeness (QED) is 0.524. The molecule has 2 rings (SSSR count). The maximum atomic E-state index is 12.0. The van der Waals surface area contributed by atoms with Crippen LogP contribution < -0.4 is 0 Å². The second-order valence-corrected chi connectivity index (χ2v) is 4.25. The van der Waals surface area contributed by atoms with Crippen LogP contribution in [0.4, 0.5) is 0 Å². The van der Waals surface area contributed by atoms with Gasteiger partial charge in [-0.1, -0.05) is 25.1 Å². The third kappa shape index (κ3) is 2.20. The Balaban J connectivity index is 2.74. The Labute approximate surface area is 112 Å². The van der Waals surface area contributed by atoms with E-state index in [0.29, 0.717) is 5.56 Å². The summed E-state index contributed by atoms with van der Waals surface area (Å²) < 4.78 is 5.01. The van der Waals surface area contributed by atoms with Crippen LogP contribution in [0, 0.1) is 6.92 Å². The standard InChI is InChI=1S/C14H15NO2S/c1-3-11-9(2)13(14(16)17-8-18)10-6-4-5-7-12(10)15-11/h4-7,18H,3,8H2,1-2H3. The van der Waals surface area contributed by atoms with Gasteiger partial charge in [0.05, 0.1) is 11.1 Å². The summed E-state index contributed by atoms with van der Waals surface area (Å²) in [6, 6.07) is 7.61. The van der Waals surface area contributed by atoms with E-state index in [1.165, 1.54) is 0 Å². The molecule has 0 fully saturated rings. The van der Waals surface area contributed by atoms with Gasteiger partial charge in [0.1, 0.15) is 5.94 Å². The Morgan fingerprint density at radius 2 is 2.11 bits per heavy atom. The zero-order valence-electron chi connectivity index (χ0n) is 10.4. The van der Waals surface area contributed by atoms with Crippen LogP contribution in [-0.2, 0) is 11.2 Å². The molecule has 0 spiro atoms. The number of para-hydroxylation sites is 1. The van der Waals surface area contributed by atoms with Crippen LogP contribution in [-0.4, -0.2) is 16.9 Å². The SMILES string of the molecule is CCc1nc2ccccc2c(C(=O)OCS)c1C. The molecule has 0 aliphatic carbocycles. The van der Waals surface area contributed by atoms with Gasteiger partial charge in [-0.05, 0) is 25.0 Å². The van der Waals surface area contributed by atoms with Crippen molar-refractivity contribution in [2.45, 2.75) is 20.3 Å². The lowest BCUT2D eigenvalue weighted by atomic mass is 10.0. The van der Waals surface area contributed by atoms with Crippen molar-refractivity contribution in [1.29, 1.82) is 0 Å². The van der Waals surface area contributed by atoms with Crippen molar-refractivity contribution >= 4 is 29.5 Å². The van der Waals surface area contributed by atoms with E-state index in [9.17, 15) is 4.79 Å². The molecule has 2 aromatic rings. The van der Waals surface area contributed by atoms with Gasteiger partial charge in [-0.15, -0.1) is 12.6 Å². The fourth-order valence-corrected chi connectivity index (χ4v) is 2.21. The highest BCUT2D eigenvalue weighted by molar-refractivity contribution is 7.80. The summed E-state index contributed by atoms with van der Waals surface area (Å²) in [5.41, 5.74) is 3.25. The molecule has 3 nitrogen and oxygen atoms in total. The molecule has 0 aliphatic rings. The Morgan fingerprint density at radius 3 is 2.78 bits per heavy atom. The van der Waals surface area contributed by atoms with E-state index in [1.54, 1.807) is 0 Å². The third-order valence-electron chi connectivity index (χ3n) is 2.97. The molecule has 1 aromatic heterocycles. The van der Waals surface area contributed by atoms with Crippen molar-refractivity contribution in [3.63, 3.8) is 0 Å². The minimum Gasteiger partial charge on any atom is -0.451 e. The minimum absolute atomic E-state index is 0.0797. The Kier molecular flexibility index (Phi) is 3.87. The van der Waals surface area contributed by atoms with Gasteiger partial charge in [0.15, 0.2) is 0 Å². The maximum Gasteiger partial charge on any atom is 0.339 e. The number of fused-ring (bicyclic) bond motifs is 1. The van der Waals surface area contributed by atoms with E-state index in [1.807, 2.05) is 38.1 Å². The number of hydrogen-bond donors (Lipinski definition) is 1. The van der Waals surface area contributed by atoms with Crippen molar-refractivity contribution in [2.75, 3.05) is 5.94 Å². The number of pyridine rings is 1. The number of thiol groups is 1. The fourth-order valence-electron chi connectivity index (χ4n) is 2.10. The maximum absolute atomic E-state index is 12.0. The molecule has 18 heavy (non-hydrogen) atoms. The first-order chi connectivity index (χ1) is 8.69. The average Bonchev–Trinajstić information content (AvgIpc) is 2.38. The van der Waals surface area contributed by atoms with Crippen LogP contribution in [0.5, 0.6) is 0 Å². The molecule has 4 heteroatoms. The molecule has 0 saturated heterocycles. The van der Waals surface area contributed by atoms with E-state index < -0.39 is 0 Å². The number of aromatic nitrogens is 1. The van der Waals surface area contributed by atoms with Crippen molar-refractivity contribution < 1.29 is 9.53 Å². The van der Waals surface area contributed by atoms with Crippen molar-refractivity contribution in [3.05, 3.63) is 41.1 Å². The number of esters is 1. The van der Waals surface area contributed by atoms with Gasteiger partial charge in [-0.25, -0.2) is 4.79 Å². The highest BCUT2D eigenvalue weighted by Crippen LogP contribution is 2.24. The van der Waals surface area contributed by atoms with Gasteiger partial charge in [0.2, 0.25) is 0 Å². The van der Waals surface area contributed by atoms with Crippen LogP contribution in [0.3, 0.4) is 0 Å². The number of nitrogens with zero attached hydrogens (tertiary/aromatic N) is 1. The zero-order chi connectivity index (χ0) is 13.1. The van der Waals surface area contributed by atoms with Gasteiger partial charge in [0, 0.05) is 11.1 Å². The second kappa shape index (κ2) is 5.40. The smallest absolute Gasteiger partial charge is 0.339 e. The number of hydrogen-bond acceptors (Lipinski definition) is 4. The highest BCUT2D eigenvalue weighted by atomic mass is 32.1. The zero-order valence-corrected chi connectivity index (χ0v) is 11.3. The first kappa shape index (κ1) is 12.9. The third-order valence-corrected chi connectivity index (χ3v) is 3.10. The highest BCUT2D eigenvalue weighted by Gasteiger charge is 2.17. The lowest BCUT2D eigenvalue weighted by molar-refractivity contribution is 0.0582. The van der Waals surface area contributed by atoms with E-state index in [0.717, 1.165) is 28.6 Å². The van der Waals surface area contributed by atoms with Crippen LogP contribution in [0.15, 0.2) is 24.3 Å². The second-order valence-electron chi connectivity index (χ2n) is 3.99. The first-order valence-corrected chi connectivity index (χ1v) is 6.48. The number of carbonyl (C=O) groups is 1. The van der Waals surface area contributed by atoms with E-state index in [-0.39, 0.29) is 11.9 Å². The molecule has 94 valence electrons. The normalized spacial score (nSPS) is 10.6. The van der Waals surface area contributed by atoms with E-state index in [2.05, 4.69) is 17.6 Å². The minimum atomic E-state index is -0.337. The Bertz CT molecular complexity index is 596. The van der Waals surface area contributed by atoms with Crippen LogP contribution in [0.25, 0.3) is 10.9 Å². The molecule has 0 amide bonds. The van der Waals surface area contributed by atoms with E-state index >= 15 is 0 Å². The molecule has 0 bridgehead atoms. The van der Waals surface area contributed by atoms with E-state index in [4.69, 9.17) is 4.74 Å². The molecule has 1 heterocycles. The predicted octanol–water partition coefficient (Wildman–Crippen LogP) is 3.15. The fraction of sp³-hybridized carbons (Fsp3) is 0.286. The summed E-state index contributed by atoms with van der Waals surface area (Å²) >= 11 is 3.93. The Morgan fingerprint density at radius 1 is 1.39 bits per heavy atom. The summed E-state index contributed by atoms with van der Waals surface area (Å²) in [6.07, 6.45) is 0.790. The first-order valence-electron chi connectivity index (χ1n) is 5.85. The Hall–Kier alpha value is -1.55. The number of benzene rings is 1. The number of ether oxygens (including phenoxy) is 1. The molecular formula is C14H15NO2S. The molecular weight excluding hydrogens is 246 g/mol. The van der Waals surface area contributed by atoms with Crippen molar-refractivity contribution in [2.24, 2.45) is 0 Å². The largest absolute Gasteiger partial charge is 0.451 e. The lowest BCUT2D eigenvalue weighted by Gasteiger charge is -2.12. The van der Waals surface area contributed by atoms with Crippen molar-refractivity contribution in [1.82, 2.24) is 4.98 Å². The van der Waals surface area contributed by atoms with Gasteiger partial charge >= 0.3 is 5.97 Å². The molecule has 0 atom stereocenters. The monoisotopic (exact) mass is 261 g/mol. The molecule has 0 radical (unpaired) electrons. The topological polar surface area (TPSA) is 39.2 Å². The summed E-state index contributed by atoms with van der Waals surface area (Å²) in [7, 11) is 0. The summed E-state index contributed by atoms with van der Waals surface area (Å²) in [6.45, 7) is 3.94. The van der Waals surface area contributed by atoms with Crippen LogP contribution >= 0.6 is 12.6 Å². The summed E-state index contributed by atoms with van der Waals surface area (Å²) in [5, 5.41) is 0.832. The number of carbonyl (C=O) groups excluding carboxylic acids is 1. The molecule has 0 unspecified atom stereocenters. The molecule has 0 aliphatic heterocycles. The van der Waals surface area contributed by atoms with Gasteiger partial charge < -0.3 is 4.74 Å². The predicted molar refractivity (Wildman–Crippen MR) is 75.1 cm³/mol. The molecule has 0 saturated carbocycles. The van der Waals surface area contributed by atoms with Gasteiger partial charge in [0.25, 0.3) is 0 Å². The molecule has 1 aromatic carbocycles. The van der Waals surface area contributed by atoms with Crippen molar-refractivity contribution in [3.8, 4) is 0 Å². The van der Waals surface area contributed by atoms with Gasteiger partial charge in [-0.3, -0.25) is 4.98 Å². The number of aryl methyl sites for hydroxylation is 1. The van der Waals surface area contributed by atoms with Crippen LogP contribution in [0.1, 0.15) is 28.5 Å². The lowest BCUT2D eigenvalue weighted by Crippen LogP contribution is -2.10. The van der Waals surface area contributed by atoms with Gasteiger partial charge in [-0.2, -0.15) is 0 Å². The molecule has 0 N–H and O–H groups in total.